The van der Waals surface area contributed by atoms with E-state index in [1.54, 1.807) is 24.8 Å². The van der Waals surface area contributed by atoms with E-state index in [2.05, 4.69) is 6.58 Å². The molecular weight excluding hydrogens is 343 g/mol. The van der Waals surface area contributed by atoms with Gasteiger partial charge in [-0.05, 0) is 36.7 Å². The fraction of sp³-hybridized carbons (Fsp3) is 0.588. The molecule has 0 saturated heterocycles. The molecule has 0 bridgehead atoms. The molecule has 0 aromatic rings. The number of likely N-dealkylation sites (N-methyl/N-ethyl adjacent to an activating group) is 1. The lowest BCUT2D eigenvalue weighted by atomic mass is 9.79. The minimum atomic E-state index is -4.50. The molecule has 0 N–H and O–H groups in total. The smallest absolute Gasteiger partial charge is 0.281 e. The van der Waals surface area contributed by atoms with Gasteiger partial charge in [0.2, 0.25) is 0 Å². The minimum Gasteiger partial charge on any atom is -0.281 e. The molecule has 1 nitrogen and oxygen atoms in total. The Balaban J connectivity index is 3.58. The third kappa shape index (κ3) is 4.06. The zero-order valence-electron chi connectivity index (χ0n) is 13.7. The van der Waals surface area contributed by atoms with Crippen molar-refractivity contribution in [1.29, 1.82) is 0 Å². The van der Waals surface area contributed by atoms with Crippen molar-refractivity contribution in [2.75, 3.05) is 13.1 Å². The van der Waals surface area contributed by atoms with Gasteiger partial charge in [-0.3, -0.25) is 4.90 Å². The summed E-state index contributed by atoms with van der Waals surface area (Å²) in [7, 11) is 0. The lowest BCUT2D eigenvalue weighted by Crippen LogP contribution is -2.55. The van der Waals surface area contributed by atoms with Crippen LogP contribution in [0.5, 0.6) is 0 Å². The minimum absolute atomic E-state index is 0.0914. The number of thiocarbonyl (C=S) groups is 1. The molecule has 23 heavy (non-hydrogen) atoms. The van der Waals surface area contributed by atoms with Crippen LogP contribution in [-0.4, -0.2) is 34.0 Å². The predicted molar refractivity (Wildman–Crippen MR) is 94.9 cm³/mol. The first-order chi connectivity index (χ1) is 10.7. The van der Waals surface area contributed by atoms with Crippen LogP contribution in [0.3, 0.4) is 0 Å². The molecule has 0 amide bonds. The van der Waals surface area contributed by atoms with E-state index in [9.17, 15) is 13.2 Å². The second-order valence-corrected chi connectivity index (χ2v) is 6.55. The maximum atomic E-state index is 14.0. The quantitative estimate of drug-likeness (QED) is 0.325. The van der Waals surface area contributed by atoms with Crippen molar-refractivity contribution in [2.45, 2.75) is 44.8 Å². The number of nitrogens with zero attached hydrogens (tertiary/aromatic N) is 1. The fourth-order valence-corrected chi connectivity index (χ4v) is 3.99. The van der Waals surface area contributed by atoms with Gasteiger partial charge < -0.3 is 0 Å². The molecule has 0 radical (unpaired) electrons. The average molecular weight is 366 g/mol. The first-order valence-electron chi connectivity index (χ1n) is 7.76. The number of halogens is 4. The molecule has 130 valence electrons. The van der Waals surface area contributed by atoms with Crippen molar-refractivity contribution in [3.05, 3.63) is 36.0 Å². The van der Waals surface area contributed by atoms with Crippen LogP contribution < -0.4 is 0 Å². The van der Waals surface area contributed by atoms with Crippen molar-refractivity contribution >= 4 is 28.7 Å². The summed E-state index contributed by atoms with van der Waals surface area (Å²) in [6.07, 6.45) is 1.06. The van der Waals surface area contributed by atoms with Gasteiger partial charge in [0, 0.05) is 4.86 Å². The van der Waals surface area contributed by atoms with E-state index in [1.807, 2.05) is 6.92 Å². The van der Waals surface area contributed by atoms with Crippen LogP contribution in [0.4, 0.5) is 13.2 Å². The Hall–Kier alpha value is -0.650. The van der Waals surface area contributed by atoms with Crippen molar-refractivity contribution in [3.8, 4) is 0 Å². The third-order valence-electron chi connectivity index (χ3n) is 4.07. The number of hydrogen-bond donors (Lipinski definition) is 0. The van der Waals surface area contributed by atoms with E-state index < -0.39 is 17.1 Å². The van der Waals surface area contributed by atoms with Crippen LogP contribution in [0.25, 0.3) is 0 Å². The maximum Gasteiger partial charge on any atom is 0.399 e. The highest BCUT2D eigenvalue weighted by Crippen LogP contribution is 2.50. The SMILES string of the molecule is C=CC1=C(C(=S)CCC)C(C(F)(F)F)C(Cl)(N(CC)CC)C=C1. The maximum absolute atomic E-state index is 14.0. The summed E-state index contributed by atoms with van der Waals surface area (Å²) >= 11 is 11.9. The highest BCUT2D eigenvalue weighted by Gasteiger charge is 2.57. The molecule has 2 atom stereocenters. The standard InChI is InChI=1S/C17H23ClF3NS/c1-5-9-13(23)14-12(6-2)10-11-16(18,22(7-3)8-4)15(14)17(19,20)21/h6,10-11,15H,2,5,7-9H2,1,3-4H3. The van der Waals surface area contributed by atoms with E-state index in [0.717, 1.165) is 0 Å². The highest BCUT2D eigenvalue weighted by atomic mass is 35.5. The number of alkyl halides is 4. The van der Waals surface area contributed by atoms with Crippen molar-refractivity contribution in [3.63, 3.8) is 0 Å². The summed E-state index contributed by atoms with van der Waals surface area (Å²) < 4.78 is 41.9. The summed E-state index contributed by atoms with van der Waals surface area (Å²) in [5.74, 6) is -1.87. The first-order valence-corrected chi connectivity index (χ1v) is 8.55. The average Bonchev–Trinajstić information content (AvgIpc) is 2.46. The lowest BCUT2D eigenvalue weighted by molar-refractivity contribution is -0.180. The van der Waals surface area contributed by atoms with Gasteiger partial charge >= 0.3 is 6.18 Å². The van der Waals surface area contributed by atoms with Crippen molar-refractivity contribution in [1.82, 2.24) is 4.90 Å². The Kier molecular flexibility index (Phi) is 7.05. The van der Waals surface area contributed by atoms with Gasteiger partial charge in [0.05, 0.1) is 0 Å². The van der Waals surface area contributed by atoms with Gasteiger partial charge in [0.15, 0.2) is 0 Å². The molecule has 0 heterocycles. The predicted octanol–water partition coefficient (Wildman–Crippen LogP) is 5.66. The molecule has 1 aliphatic carbocycles. The van der Waals surface area contributed by atoms with E-state index in [-0.39, 0.29) is 5.57 Å². The summed E-state index contributed by atoms with van der Waals surface area (Å²) in [5, 5.41) is 0. The Bertz CT molecular complexity index is 520. The summed E-state index contributed by atoms with van der Waals surface area (Å²) in [6, 6.07) is 0. The summed E-state index contributed by atoms with van der Waals surface area (Å²) in [4.78, 5) is 0.255. The molecule has 2 unspecified atom stereocenters. The number of allylic oxidation sites excluding steroid dienone is 3. The van der Waals surface area contributed by atoms with Crippen LogP contribution in [0.15, 0.2) is 36.0 Å². The van der Waals surface area contributed by atoms with Gasteiger partial charge in [-0.15, -0.1) is 0 Å². The van der Waals surface area contributed by atoms with E-state index in [1.165, 1.54) is 12.2 Å². The van der Waals surface area contributed by atoms with Crippen LogP contribution in [0.2, 0.25) is 0 Å². The zero-order valence-corrected chi connectivity index (χ0v) is 15.3. The Morgan fingerprint density at radius 1 is 1.39 bits per heavy atom. The molecule has 0 fully saturated rings. The number of rotatable bonds is 7. The molecule has 0 spiro atoms. The largest absolute Gasteiger partial charge is 0.399 e. The van der Waals surface area contributed by atoms with Gasteiger partial charge in [-0.1, -0.05) is 69.7 Å². The van der Waals surface area contributed by atoms with Crippen LogP contribution in [0.1, 0.15) is 33.6 Å². The van der Waals surface area contributed by atoms with E-state index in [4.69, 9.17) is 23.8 Å². The highest BCUT2D eigenvalue weighted by molar-refractivity contribution is 7.80. The number of hydrogen-bond acceptors (Lipinski definition) is 2. The Labute approximate surface area is 146 Å². The topological polar surface area (TPSA) is 3.24 Å². The Morgan fingerprint density at radius 3 is 2.35 bits per heavy atom. The van der Waals surface area contributed by atoms with Crippen molar-refractivity contribution in [2.24, 2.45) is 5.92 Å². The summed E-state index contributed by atoms with van der Waals surface area (Å²) in [5.41, 5.74) is 0.503. The Morgan fingerprint density at radius 2 is 1.96 bits per heavy atom. The first kappa shape index (κ1) is 20.4. The van der Waals surface area contributed by atoms with Gasteiger partial charge in [-0.2, -0.15) is 13.2 Å². The normalized spacial score (nSPS) is 25.1. The van der Waals surface area contributed by atoms with Gasteiger partial charge in [0.25, 0.3) is 0 Å². The molecule has 6 heteroatoms. The zero-order chi connectivity index (χ0) is 17.8. The van der Waals surface area contributed by atoms with Crippen molar-refractivity contribution < 1.29 is 13.2 Å². The third-order valence-corrected chi connectivity index (χ3v) is 5.08. The molecule has 1 rings (SSSR count). The van der Waals surface area contributed by atoms with E-state index >= 15 is 0 Å². The van der Waals surface area contributed by atoms with Crippen LogP contribution in [-0.2, 0) is 0 Å². The molecule has 1 aliphatic rings. The lowest BCUT2D eigenvalue weighted by Gasteiger charge is -2.45. The fourth-order valence-electron chi connectivity index (χ4n) is 3.01. The summed E-state index contributed by atoms with van der Waals surface area (Å²) in [6.45, 7) is 9.94. The van der Waals surface area contributed by atoms with Crippen LogP contribution in [0, 0.1) is 5.92 Å². The van der Waals surface area contributed by atoms with Gasteiger partial charge in [-0.25, -0.2) is 0 Å². The monoisotopic (exact) mass is 365 g/mol. The second-order valence-electron chi connectivity index (χ2n) is 5.45. The molecular formula is C17H23ClF3NS. The van der Waals surface area contributed by atoms with Gasteiger partial charge in [0.1, 0.15) is 10.9 Å². The molecule has 0 aromatic carbocycles. The van der Waals surface area contributed by atoms with Crippen LogP contribution >= 0.6 is 23.8 Å². The molecule has 0 saturated carbocycles. The molecule has 0 aliphatic heterocycles. The second kappa shape index (κ2) is 7.95. The van der Waals surface area contributed by atoms with E-state index in [0.29, 0.717) is 36.4 Å². The molecule has 0 aromatic heterocycles.